The molecule has 2 N–H and O–H groups in total. The number of aliphatic hydroxyl groups excluding tert-OH is 1. The number of hydrogen-bond donors (Lipinski definition) is 2. The lowest BCUT2D eigenvalue weighted by Crippen LogP contribution is -2.31. The highest BCUT2D eigenvalue weighted by atomic mass is 32.1. The topological polar surface area (TPSA) is 41.5 Å². The van der Waals surface area contributed by atoms with E-state index >= 15 is 0 Å². The number of rotatable bonds is 7. The van der Waals surface area contributed by atoms with Crippen molar-refractivity contribution in [2.45, 2.75) is 25.5 Å². The van der Waals surface area contributed by atoms with E-state index in [1.165, 1.54) is 5.56 Å². The lowest BCUT2D eigenvalue weighted by molar-refractivity contribution is 0.170. The zero-order valence-corrected chi connectivity index (χ0v) is 12.7. The van der Waals surface area contributed by atoms with E-state index < -0.39 is 6.10 Å². The lowest BCUT2D eigenvalue weighted by Gasteiger charge is -2.17. The Morgan fingerprint density at radius 2 is 2.00 bits per heavy atom. The first-order valence-corrected chi connectivity index (χ1v) is 7.70. The summed E-state index contributed by atoms with van der Waals surface area (Å²) in [6.07, 6.45) is 0.490. The van der Waals surface area contributed by atoms with Crippen LogP contribution in [0.4, 0.5) is 0 Å². The van der Waals surface area contributed by atoms with Crippen LogP contribution in [0.25, 0.3) is 0 Å². The molecule has 0 amide bonds. The third kappa shape index (κ3) is 4.34. The van der Waals surface area contributed by atoms with Crippen LogP contribution in [0.2, 0.25) is 0 Å². The highest BCUT2D eigenvalue weighted by molar-refractivity contribution is 7.07. The molecule has 2 unspecified atom stereocenters. The average molecular weight is 291 g/mol. The van der Waals surface area contributed by atoms with Crippen LogP contribution in [0.3, 0.4) is 0 Å². The van der Waals surface area contributed by atoms with E-state index in [1.54, 1.807) is 18.4 Å². The summed E-state index contributed by atoms with van der Waals surface area (Å²) in [4.78, 5) is 0. The number of methoxy groups -OCH3 is 1. The molecule has 1 aromatic heterocycles. The number of aliphatic hydroxyl groups is 1. The van der Waals surface area contributed by atoms with Gasteiger partial charge >= 0.3 is 0 Å². The van der Waals surface area contributed by atoms with Gasteiger partial charge in [0.15, 0.2) is 0 Å². The Kier molecular flexibility index (Phi) is 5.59. The van der Waals surface area contributed by atoms with E-state index in [0.717, 1.165) is 17.7 Å². The van der Waals surface area contributed by atoms with Crippen molar-refractivity contribution in [3.63, 3.8) is 0 Å². The third-order valence-corrected chi connectivity index (χ3v) is 4.01. The molecule has 2 aromatic rings. The molecule has 3 nitrogen and oxygen atoms in total. The van der Waals surface area contributed by atoms with Crippen LogP contribution in [-0.2, 0) is 6.42 Å². The SMILES string of the molecule is COc1ccc(C(O)CNC(C)Cc2ccsc2)cc1. The largest absolute Gasteiger partial charge is 0.497 e. The molecule has 0 fully saturated rings. The van der Waals surface area contributed by atoms with Crippen molar-refractivity contribution < 1.29 is 9.84 Å². The fourth-order valence-corrected chi connectivity index (χ4v) is 2.77. The molecule has 4 heteroatoms. The van der Waals surface area contributed by atoms with Crippen LogP contribution >= 0.6 is 11.3 Å². The molecule has 2 rings (SSSR count). The minimum atomic E-state index is -0.495. The molecule has 108 valence electrons. The molecule has 0 aliphatic carbocycles. The smallest absolute Gasteiger partial charge is 0.118 e. The van der Waals surface area contributed by atoms with Crippen molar-refractivity contribution in [2.75, 3.05) is 13.7 Å². The average Bonchev–Trinajstić information content (AvgIpc) is 2.97. The monoisotopic (exact) mass is 291 g/mol. The predicted molar refractivity (Wildman–Crippen MR) is 83.4 cm³/mol. The Hall–Kier alpha value is -1.36. The molecular weight excluding hydrogens is 270 g/mol. The summed E-state index contributed by atoms with van der Waals surface area (Å²) >= 11 is 1.72. The van der Waals surface area contributed by atoms with E-state index in [2.05, 4.69) is 29.1 Å². The van der Waals surface area contributed by atoms with Gasteiger partial charge in [-0.15, -0.1) is 0 Å². The zero-order chi connectivity index (χ0) is 14.4. The summed E-state index contributed by atoms with van der Waals surface area (Å²) in [7, 11) is 1.64. The number of hydrogen-bond acceptors (Lipinski definition) is 4. The van der Waals surface area contributed by atoms with Crippen molar-refractivity contribution in [3.05, 3.63) is 52.2 Å². The molecule has 2 atom stereocenters. The van der Waals surface area contributed by atoms with Gasteiger partial charge in [-0.25, -0.2) is 0 Å². The zero-order valence-electron chi connectivity index (χ0n) is 11.9. The first kappa shape index (κ1) is 15.0. The fraction of sp³-hybridized carbons (Fsp3) is 0.375. The van der Waals surface area contributed by atoms with Gasteiger partial charge in [0.1, 0.15) is 5.75 Å². The standard InChI is InChI=1S/C16H21NO2S/c1-12(9-13-7-8-20-11-13)17-10-16(18)14-3-5-15(19-2)6-4-14/h3-8,11-12,16-18H,9-10H2,1-2H3. The number of nitrogens with one attached hydrogen (secondary N) is 1. The molecule has 0 bridgehead atoms. The maximum Gasteiger partial charge on any atom is 0.118 e. The Morgan fingerprint density at radius 1 is 1.25 bits per heavy atom. The molecule has 1 heterocycles. The third-order valence-electron chi connectivity index (χ3n) is 3.28. The Balaban J connectivity index is 1.80. The summed E-state index contributed by atoms with van der Waals surface area (Å²) in [5.74, 6) is 0.805. The van der Waals surface area contributed by atoms with Gasteiger partial charge in [-0.05, 0) is 53.4 Å². The molecule has 0 aliphatic heterocycles. The van der Waals surface area contributed by atoms with Crippen molar-refractivity contribution in [3.8, 4) is 5.75 Å². The summed E-state index contributed by atoms with van der Waals surface area (Å²) in [6, 6.07) is 10.0. The van der Waals surface area contributed by atoms with Gasteiger partial charge in [0.25, 0.3) is 0 Å². The molecule has 0 spiro atoms. The van der Waals surface area contributed by atoms with E-state index in [1.807, 2.05) is 24.3 Å². The minimum absolute atomic E-state index is 0.345. The minimum Gasteiger partial charge on any atom is -0.497 e. The van der Waals surface area contributed by atoms with Crippen molar-refractivity contribution in [1.82, 2.24) is 5.32 Å². The van der Waals surface area contributed by atoms with E-state index in [-0.39, 0.29) is 0 Å². The molecule has 0 aliphatic rings. The van der Waals surface area contributed by atoms with E-state index in [9.17, 15) is 5.11 Å². The second-order valence-corrected chi connectivity index (χ2v) is 5.71. The highest BCUT2D eigenvalue weighted by Crippen LogP contribution is 2.17. The quantitative estimate of drug-likeness (QED) is 0.824. The van der Waals surface area contributed by atoms with Crippen LogP contribution in [0.1, 0.15) is 24.2 Å². The van der Waals surface area contributed by atoms with Crippen LogP contribution in [-0.4, -0.2) is 24.8 Å². The molecule has 0 saturated carbocycles. The van der Waals surface area contributed by atoms with Gasteiger partial charge in [0, 0.05) is 12.6 Å². The molecule has 20 heavy (non-hydrogen) atoms. The lowest BCUT2D eigenvalue weighted by atomic mass is 10.1. The first-order chi connectivity index (χ1) is 9.69. The summed E-state index contributed by atoms with van der Waals surface area (Å²) in [5, 5.41) is 17.8. The van der Waals surface area contributed by atoms with Crippen LogP contribution in [0.5, 0.6) is 5.75 Å². The van der Waals surface area contributed by atoms with Gasteiger partial charge in [0.05, 0.1) is 13.2 Å². The predicted octanol–water partition coefficient (Wildman–Crippen LogP) is 3.01. The number of ether oxygens (including phenoxy) is 1. The summed E-state index contributed by atoms with van der Waals surface area (Å²) < 4.78 is 5.11. The maximum absolute atomic E-state index is 10.2. The van der Waals surface area contributed by atoms with Crippen molar-refractivity contribution in [1.29, 1.82) is 0 Å². The molecule has 0 radical (unpaired) electrons. The van der Waals surface area contributed by atoms with Gasteiger partial charge in [0.2, 0.25) is 0 Å². The summed E-state index contributed by atoms with van der Waals surface area (Å²) in [5.41, 5.74) is 2.25. The van der Waals surface area contributed by atoms with Gasteiger partial charge < -0.3 is 15.2 Å². The van der Waals surface area contributed by atoms with E-state index in [4.69, 9.17) is 4.74 Å². The Labute approximate surface area is 124 Å². The Bertz CT molecular complexity index is 496. The molecule has 1 aromatic carbocycles. The second kappa shape index (κ2) is 7.43. The van der Waals surface area contributed by atoms with Crippen molar-refractivity contribution >= 4 is 11.3 Å². The van der Waals surface area contributed by atoms with Crippen LogP contribution in [0, 0.1) is 0 Å². The van der Waals surface area contributed by atoms with Gasteiger partial charge in [-0.2, -0.15) is 11.3 Å². The van der Waals surface area contributed by atoms with Gasteiger partial charge in [-0.1, -0.05) is 12.1 Å². The number of thiophene rings is 1. The maximum atomic E-state index is 10.2. The van der Waals surface area contributed by atoms with Crippen LogP contribution in [0.15, 0.2) is 41.1 Å². The van der Waals surface area contributed by atoms with Crippen LogP contribution < -0.4 is 10.1 Å². The highest BCUT2D eigenvalue weighted by Gasteiger charge is 2.10. The van der Waals surface area contributed by atoms with Crippen molar-refractivity contribution in [2.24, 2.45) is 0 Å². The Morgan fingerprint density at radius 3 is 2.60 bits per heavy atom. The fourth-order valence-electron chi connectivity index (χ4n) is 2.09. The molecular formula is C16H21NO2S. The molecule has 0 saturated heterocycles. The normalized spacial score (nSPS) is 13.9. The second-order valence-electron chi connectivity index (χ2n) is 4.93. The first-order valence-electron chi connectivity index (χ1n) is 6.75. The number of benzene rings is 1. The summed E-state index contributed by atoms with van der Waals surface area (Å²) in [6.45, 7) is 2.69. The van der Waals surface area contributed by atoms with Gasteiger partial charge in [-0.3, -0.25) is 0 Å². The van der Waals surface area contributed by atoms with E-state index in [0.29, 0.717) is 12.6 Å².